The van der Waals surface area contributed by atoms with Crippen LogP contribution in [0.3, 0.4) is 0 Å². The Labute approximate surface area is 119 Å². The van der Waals surface area contributed by atoms with E-state index in [1.54, 1.807) is 6.07 Å². The molecule has 1 aromatic rings. The molecule has 0 aliphatic carbocycles. The van der Waals surface area contributed by atoms with Crippen molar-refractivity contribution >= 4 is 17.6 Å². The molecule has 1 atom stereocenters. The average molecular weight is 285 g/mol. The molecule has 0 heterocycles. The summed E-state index contributed by atoms with van der Waals surface area (Å²) in [5, 5.41) is 9.19. The van der Waals surface area contributed by atoms with Crippen molar-refractivity contribution in [3.63, 3.8) is 0 Å². The second-order valence-electron chi connectivity index (χ2n) is 5.20. The predicted molar refractivity (Wildman–Crippen MR) is 77.2 cm³/mol. The van der Waals surface area contributed by atoms with Crippen molar-refractivity contribution in [2.24, 2.45) is 5.92 Å². The molecule has 0 amide bonds. The standard InChI is InChI=1S/C15H21ClO3/c1-10(2)5-4-6-11(3)19-14-8-7-12(15(17)18)9-13(14)16/h7-11H,4-6H2,1-3H3,(H,17,18). The van der Waals surface area contributed by atoms with Gasteiger partial charge in [-0.25, -0.2) is 4.79 Å². The van der Waals surface area contributed by atoms with E-state index in [0.29, 0.717) is 16.7 Å². The molecule has 1 N–H and O–H groups in total. The Kier molecular flexibility index (Phi) is 6.16. The second-order valence-corrected chi connectivity index (χ2v) is 5.61. The maximum atomic E-state index is 10.8. The number of ether oxygens (including phenoxy) is 1. The SMILES string of the molecule is CC(C)CCCC(C)Oc1ccc(C(=O)O)cc1Cl. The molecule has 3 nitrogen and oxygen atoms in total. The van der Waals surface area contributed by atoms with E-state index >= 15 is 0 Å². The molecular formula is C15H21ClO3. The Morgan fingerprint density at radius 3 is 2.53 bits per heavy atom. The number of carboxylic acids is 1. The minimum Gasteiger partial charge on any atom is -0.489 e. The zero-order valence-electron chi connectivity index (χ0n) is 11.6. The maximum absolute atomic E-state index is 10.8. The first kappa shape index (κ1) is 15.8. The molecule has 1 rings (SSSR count). The van der Waals surface area contributed by atoms with Gasteiger partial charge >= 0.3 is 5.97 Å². The van der Waals surface area contributed by atoms with Crippen LogP contribution in [-0.4, -0.2) is 17.2 Å². The van der Waals surface area contributed by atoms with Crippen molar-refractivity contribution in [3.05, 3.63) is 28.8 Å². The Bertz CT molecular complexity index is 429. The minimum absolute atomic E-state index is 0.0759. The Morgan fingerprint density at radius 1 is 1.32 bits per heavy atom. The van der Waals surface area contributed by atoms with Crippen molar-refractivity contribution in [1.82, 2.24) is 0 Å². The molecule has 0 fully saturated rings. The van der Waals surface area contributed by atoms with Gasteiger partial charge < -0.3 is 9.84 Å². The lowest BCUT2D eigenvalue weighted by atomic mass is 10.0. The van der Waals surface area contributed by atoms with Gasteiger partial charge in [0.1, 0.15) is 5.75 Å². The lowest BCUT2D eigenvalue weighted by Crippen LogP contribution is -2.12. The lowest BCUT2D eigenvalue weighted by molar-refractivity contribution is 0.0697. The van der Waals surface area contributed by atoms with Crippen molar-refractivity contribution < 1.29 is 14.6 Å². The molecule has 106 valence electrons. The van der Waals surface area contributed by atoms with Gasteiger partial charge in [-0.3, -0.25) is 0 Å². The van der Waals surface area contributed by atoms with Crippen LogP contribution in [0, 0.1) is 5.92 Å². The van der Waals surface area contributed by atoms with Crippen LogP contribution in [0.25, 0.3) is 0 Å². The first-order valence-corrected chi connectivity index (χ1v) is 6.97. The highest BCUT2D eigenvalue weighted by molar-refractivity contribution is 6.32. The number of benzene rings is 1. The fourth-order valence-electron chi connectivity index (χ4n) is 1.82. The van der Waals surface area contributed by atoms with E-state index in [2.05, 4.69) is 13.8 Å². The van der Waals surface area contributed by atoms with E-state index in [1.165, 1.54) is 18.6 Å². The molecule has 0 aliphatic heterocycles. The predicted octanol–water partition coefficient (Wildman–Crippen LogP) is 4.63. The Balaban J connectivity index is 2.54. The number of carbonyl (C=O) groups is 1. The van der Waals surface area contributed by atoms with Gasteiger partial charge in [-0.05, 0) is 43.9 Å². The summed E-state index contributed by atoms with van der Waals surface area (Å²) in [5.41, 5.74) is 0.171. The van der Waals surface area contributed by atoms with Crippen LogP contribution in [0.1, 0.15) is 50.4 Å². The summed E-state index contributed by atoms with van der Waals surface area (Å²) in [6.07, 6.45) is 3.34. The first-order valence-electron chi connectivity index (χ1n) is 6.59. The van der Waals surface area contributed by atoms with Crippen LogP contribution in [0.15, 0.2) is 18.2 Å². The third kappa shape index (κ3) is 5.52. The maximum Gasteiger partial charge on any atom is 0.335 e. The molecule has 0 spiro atoms. The van der Waals surface area contributed by atoms with E-state index in [0.717, 1.165) is 12.8 Å². The summed E-state index contributed by atoms with van der Waals surface area (Å²) in [6.45, 7) is 6.40. The van der Waals surface area contributed by atoms with E-state index in [4.69, 9.17) is 21.4 Å². The lowest BCUT2D eigenvalue weighted by Gasteiger charge is -2.16. The molecule has 0 radical (unpaired) electrons. The van der Waals surface area contributed by atoms with Crippen LogP contribution in [-0.2, 0) is 0 Å². The third-order valence-corrected chi connectivity index (χ3v) is 3.19. The number of carboxylic acid groups (broad SMARTS) is 1. The molecule has 4 heteroatoms. The first-order chi connectivity index (χ1) is 8.90. The summed E-state index contributed by atoms with van der Waals surface area (Å²) < 4.78 is 5.74. The van der Waals surface area contributed by atoms with Gasteiger partial charge in [0.15, 0.2) is 0 Å². The number of aromatic carboxylic acids is 1. The number of hydrogen-bond acceptors (Lipinski definition) is 2. The Hall–Kier alpha value is -1.22. The van der Waals surface area contributed by atoms with E-state index in [9.17, 15) is 4.79 Å². The highest BCUT2D eigenvalue weighted by Gasteiger charge is 2.11. The van der Waals surface area contributed by atoms with Gasteiger partial charge in [-0.1, -0.05) is 31.9 Å². The number of halogens is 1. The molecule has 0 saturated carbocycles. The molecule has 0 aromatic heterocycles. The zero-order chi connectivity index (χ0) is 14.4. The van der Waals surface area contributed by atoms with Gasteiger partial charge in [0.05, 0.1) is 16.7 Å². The van der Waals surface area contributed by atoms with Gasteiger partial charge in [0.25, 0.3) is 0 Å². The van der Waals surface area contributed by atoms with Gasteiger partial charge in [0, 0.05) is 0 Å². The summed E-state index contributed by atoms with van der Waals surface area (Å²) in [6, 6.07) is 4.54. The van der Waals surface area contributed by atoms with E-state index in [1.807, 2.05) is 6.92 Å². The zero-order valence-corrected chi connectivity index (χ0v) is 12.4. The van der Waals surface area contributed by atoms with Crippen LogP contribution >= 0.6 is 11.6 Å². The van der Waals surface area contributed by atoms with Crippen LogP contribution in [0.2, 0.25) is 5.02 Å². The molecule has 0 saturated heterocycles. The van der Waals surface area contributed by atoms with Crippen LogP contribution in [0.5, 0.6) is 5.75 Å². The quantitative estimate of drug-likeness (QED) is 0.794. The minimum atomic E-state index is -0.988. The summed E-state index contributed by atoms with van der Waals surface area (Å²) in [5.74, 6) is 0.257. The molecule has 1 aromatic carbocycles. The van der Waals surface area contributed by atoms with E-state index < -0.39 is 5.97 Å². The number of hydrogen-bond donors (Lipinski definition) is 1. The highest BCUT2D eigenvalue weighted by Crippen LogP contribution is 2.27. The van der Waals surface area contributed by atoms with Crippen molar-refractivity contribution in [3.8, 4) is 5.75 Å². The summed E-state index contributed by atoms with van der Waals surface area (Å²) in [7, 11) is 0. The largest absolute Gasteiger partial charge is 0.489 e. The number of rotatable bonds is 7. The van der Waals surface area contributed by atoms with Gasteiger partial charge in [0.2, 0.25) is 0 Å². The molecular weight excluding hydrogens is 264 g/mol. The van der Waals surface area contributed by atoms with Crippen molar-refractivity contribution in [1.29, 1.82) is 0 Å². The fourth-order valence-corrected chi connectivity index (χ4v) is 2.04. The average Bonchev–Trinajstić information content (AvgIpc) is 2.31. The highest BCUT2D eigenvalue weighted by atomic mass is 35.5. The van der Waals surface area contributed by atoms with Crippen molar-refractivity contribution in [2.45, 2.75) is 46.1 Å². The Morgan fingerprint density at radius 2 is 2.00 bits per heavy atom. The molecule has 19 heavy (non-hydrogen) atoms. The second kappa shape index (κ2) is 7.39. The third-order valence-electron chi connectivity index (χ3n) is 2.90. The summed E-state index contributed by atoms with van der Waals surface area (Å²) in [4.78, 5) is 10.8. The van der Waals surface area contributed by atoms with Crippen molar-refractivity contribution in [2.75, 3.05) is 0 Å². The van der Waals surface area contributed by atoms with Gasteiger partial charge in [-0.15, -0.1) is 0 Å². The monoisotopic (exact) mass is 284 g/mol. The van der Waals surface area contributed by atoms with Gasteiger partial charge in [-0.2, -0.15) is 0 Å². The molecule has 1 unspecified atom stereocenters. The fraction of sp³-hybridized carbons (Fsp3) is 0.533. The van der Waals surface area contributed by atoms with Crippen LogP contribution < -0.4 is 4.74 Å². The smallest absolute Gasteiger partial charge is 0.335 e. The molecule has 0 aliphatic rings. The van der Waals surface area contributed by atoms with Crippen LogP contribution in [0.4, 0.5) is 0 Å². The molecule has 0 bridgehead atoms. The topological polar surface area (TPSA) is 46.5 Å². The summed E-state index contributed by atoms with van der Waals surface area (Å²) >= 11 is 6.01. The van der Waals surface area contributed by atoms with E-state index in [-0.39, 0.29) is 11.7 Å². The normalized spacial score (nSPS) is 12.5.